The average Bonchev–Trinajstić information content (AvgIpc) is 3.36. The molecule has 0 amide bonds. The second-order valence-corrected chi connectivity index (χ2v) is 17.1. The van der Waals surface area contributed by atoms with Crippen LogP contribution in [0.1, 0.15) is 39.5 Å². The van der Waals surface area contributed by atoms with Crippen LogP contribution in [0.25, 0.3) is 0 Å². The molecule has 0 fully saturated rings. The Morgan fingerprint density at radius 1 is 0.800 bits per heavy atom. The second kappa shape index (κ2) is 7.16. The zero-order valence-electron chi connectivity index (χ0n) is 14.7. The summed E-state index contributed by atoms with van der Waals surface area (Å²) in [4.78, 5) is -0.425. The van der Waals surface area contributed by atoms with E-state index in [1.165, 1.54) is 6.56 Å². The van der Waals surface area contributed by atoms with Crippen molar-refractivity contribution in [3.05, 3.63) is 66.0 Å². The molecule has 2 unspecified atom stereocenters. The van der Waals surface area contributed by atoms with E-state index >= 15 is 0 Å². The van der Waals surface area contributed by atoms with E-state index in [0.29, 0.717) is 0 Å². The monoisotopic (exact) mass is 450 g/mol. The summed E-state index contributed by atoms with van der Waals surface area (Å²) in [5, 5.41) is 4.35. The summed E-state index contributed by atoms with van der Waals surface area (Å²) >= 11 is -0.114. The molecule has 2 atom stereocenters. The summed E-state index contributed by atoms with van der Waals surface area (Å²) in [6.45, 7) is 4.45. The van der Waals surface area contributed by atoms with Crippen molar-refractivity contribution >= 4 is 23.5 Å². The van der Waals surface area contributed by atoms with Crippen molar-refractivity contribution in [2.75, 3.05) is 0 Å². The van der Waals surface area contributed by atoms with Crippen LogP contribution in [-0.4, -0.2) is 9.87 Å². The third-order valence-corrected chi connectivity index (χ3v) is 17.4. The van der Waals surface area contributed by atoms with E-state index in [-0.39, 0.29) is 9.87 Å². The van der Waals surface area contributed by atoms with Gasteiger partial charge in [-0.25, -0.2) is 0 Å². The van der Waals surface area contributed by atoms with Gasteiger partial charge in [-0.3, -0.25) is 0 Å². The molecule has 132 valence electrons. The molecule has 2 aliphatic carbocycles. The molecule has 0 spiro atoms. The fraction of sp³-hybridized carbons (Fsp3) is 0.400. The SMILES string of the molecule is CC1([O][Zr]([O]C2(C)CC=CS2)([C]2=CC=CC2)[C]2=CC=CC2)CC=CS1. The maximum absolute atomic E-state index is 7.11. The topological polar surface area (TPSA) is 18.5 Å². The summed E-state index contributed by atoms with van der Waals surface area (Å²) in [6.07, 6.45) is 21.6. The summed E-state index contributed by atoms with van der Waals surface area (Å²) in [6, 6.07) is 0. The quantitative estimate of drug-likeness (QED) is 0.463. The first-order valence-corrected chi connectivity index (χ1v) is 15.0. The zero-order valence-corrected chi connectivity index (χ0v) is 18.8. The third-order valence-electron chi connectivity index (χ3n) is 4.91. The minimum absolute atomic E-state index is 0.212. The molecule has 0 aromatic heterocycles. The molecular formula is C20H24O2S2Zr. The van der Waals surface area contributed by atoms with E-state index in [9.17, 15) is 0 Å². The fourth-order valence-corrected chi connectivity index (χ4v) is 16.4. The maximum atomic E-state index is 7.11. The molecule has 2 aliphatic heterocycles. The van der Waals surface area contributed by atoms with Crippen LogP contribution in [0.2, 0.25) is 0 Å². The van der Waals surface area contributed by atoms with Gasteiger partial charge in [0.05, 0.1) is 0 Å². The molecule has 25 heavy (non-hydrogen) atoms. The van der Waals surface area contributed by atoms with Crippen LogP contribution in [0, 0.1) is 0 Å². The molecule has 0 aromatic carbocycles. The molecule has 4 aliphatic rings. The fourth-order valence-electron chi connectivity index (χ4n) is 3.62. The molecule has 5 heteroatoms. The van der Waals surface area contributed by atoms with Crippen molar-refractivity contribution in [1.82, 2.24) is 0 Å². The van der Waals surface area contributed by atoms with Crippen molar-refractivity contribution in [1.29, 1.82) is 0 Å². The van der Waals surface area contributed by atoms with E-state index in [1.54, 1.807) is 23.5 Å². The summed E-state index contributed by atoms with van der Waals surface area (Å²) < 4.78 is 17.0. The van der Waals surface area contributed by atoms with Gasteiger partial charge in [-0.05, 0) is 0 Å². The van der Waals surface area contributed by atoms with E-state index < -0.39 is 21.1 Å². The van der Waals surface area contributed by atoms with Crippen molar-refractivity contribution in [2.24, 2.45) is 0 Å². The predicted octanol–water partition coefficient (Wildman–Crippen LogP) is 6.42. The Hall–Kier alpha value is -0.0569. The van der Waals surface area contributed by atoms with E-state index in [4.69, 9.17) is 5.63 Å². The number of allylic oxidation sites excluding steroid dienone is 8. The Kier molecular flexibility index (Phi) is 5.25. The predicted molar refractivity (Wildman–Crippen MR) is 105 cm³/mol. The second-order valence-electron chi connectivity index (χ2n) is 7.12. The van der Waals surface area contributed by atoms with Gasteiger partial charge >= 0.3 is 166 Å². The Labute approximate surface area is 164 Å². The standard InChI is InChI=1S/2C5H7OS.2C5H5.Zr/c2*1-5(6)3-2-4-7-5;2*1-2-4-5-3-1;/h2*2,4H,3H2,1H3;2*1-3H,4H2;/q2*-1;;;+2. The summed E-state index contributed by atoms with van der Waals surface area (Å²) in [5.74, 6) is 0. The van der Waals surface area contributed by atoms with Gasteiger partial charge in [-0.2, -0.15) is 0 Å². The van der Waals surface area contributed by atoms with Gasteiger partial charge in [0, 0.05) is 0 Å². The number of hydrogen-bond donors (Lipinski definition) is 0. The van der Waals surface area contributed by atoms with Crippen LogP contribution >= 0.6 is 23.5 Å². The number of hydrogen-bond acceptors (Lipinski definition) is 4. The van der Waals surface area contributed by atoms with Gasteiger partial charge in [0.15, 0.2) is 0 Å². The number of thioether (sulfide) groups is 2. The van der Waals surface area contributed by atoms with E-state index in [2.05, 4.69) is 73.3 Å². The Morgan fingerprint density at radius 2 is 1.28 bits per heavy atom. The van der Waals surface area contributed by atoms with Gasteiger partial charge in [0.2, 0.25) is 0 Å². The van der Waals surface area contributed by atoms with E-state index in [0.717, 1.165) is 25.7 Å². The average molecular weight is 452 g/mol. The molecule has 0 saturated carbocycles. The van der Waals surface area contributed by atoms with Crippen molar-refractivity contribution in [3.63, 3.8) is 0 Å². The first-order chi connectivity index (χ1) is 12.0. The molecule has 0 radical (unpaired) electrons. The van der Waals surface area contributed by atoms with Gasteiger partial charge in [0.25, 0.3) is 0 Å². The Morgan fingerprint density at radius 3 is 1.60 bits per heavy atom. The number of rotatable bonds is 6. The van der Waals surface area contributed by atoms with Crippen molar-refractivity contribution < 1.29 is 26.8 Å². The van der Waals surface area contributed by atoms with Gasteiger partial charge in [0.1, 0.15) is 0 Å². The first kappa shape index (κ1) is 18.3. The third kappa shape index (κ3) is 3.68. The van der Waals surface area contributed by atoms with Crippen LogP contribution in [0.15, 0.2) is 66.0 Å². The molecule has 2 heterocycles. The van der Waals surface area contributed by atoms with Gasteiger partial charge < -0.3 is 0 Å². The Bertz CT molecular complexity index is 652. The van der Waals surface area contributed by atoms with Crippen LogP contribution in [0.4, 0.5) is 0 Å². The first-order valence-electron chi connectivity index (χ1n) is 8.82. The Balaban J connectivity index is 1.73. The van der Waals surface area contributed by atoms with Crippen LogP contribution < -0.4 is 0 Å². The van der Waals surface area contributed by atoms with Gasteiger partial charge in [-0.15, -0.1) is 0 Å². The molecule has 0 aromatic rings. The summed E-state index contributed by atoms with van der Waals surface area (Å²) in [7, 11) is 0. The van der Waals surface area contributed by atoms with Crippen LogP contribution in [0.5, 0.6) is 0 Å². The van der Waals surface area contributed by atoms with E-state index in [1.807, 2.05) is 0 Å². The molecule has 2 nitrogen and oxygen atoms in total. The molecule has 4 rings (SSSR count). The minimum atomic E-state index is -3.71. The molecule has 0 bridgehead atoms. The summed E-state index contributed by atoms with van der Waals surface area (Å²) in [5.41, 5.74) is 0. The van der Waals surface area contributed by atoms with Crippen LogP contribution in [-0.2, 0) is 26.8 Å². The van der Waals surface area contributed by atoms with Crippen molar-refractivity contribution in [2.45, 2.75) is 49.4 Å². The molecule has 0 N–H and O–H groups in total. The zero-order chi connectivity index (χ0) is 17.4. The van der Waals surface area contributed by atoms with Gasteiger partial charge in [-0.1, -0.05) is 0 Å². The normalized spacial score (nSPS) is 33.5. The van der Waals surface area contributed by atoms with Crippen LogP contribution in [0.3, 0.4) is 0 Å². The van der Waals surface area contributed by atoms with Crippen molar-refractivity contribution in [3.8, 4) is 0 Å². The molecule has 0 saturated heterocycles. The molecular weight excluding hydrogens is 428 g/mol.